The summed E-state index contributed by atoms with van der Waals surface area (Å²) in [4.78, 5) is 11.3. The quantitative estimate of drug-likeness (QED) is 0.853. The zero-order valence-corrected chi connectivity index (χ0v) is 13.9. The molecule has 1 N–H and O–H groups in total. The molecule has 2 aromatic carbocycles. The van der Waals surface area contributed by atoms with E-state index in [2.05, 4.69) is 0 Å². The van der Waals surface area contributed by atoms with E-state index in [1.54, 1.807) is 18.2 Å². The number of hydrogen-bond acceptors (Lipinski definition) is 3. The molecule has 0 saturated carbocycles. The minimum absolute atomic E-state index is 0.118. The van der Waals surface area contributed by atoms with Crippen LogP contribution in [-0.2, 0) is 5.60 Å². The van der Waals surface area contributed by atoms with Gasteiger partial charge in [-0.2, -0.15) is 0 Å². The molecule has 0 spiro atoms. The zero-order valence-electron chi connectivity index (χ0n) is 13.9. The first kappa shape index (κ1) is 16.9. The van der Waals surface area contributed by atoms with Crippen molar-refractivity contribution in [1.29, 1.82) is 0 Å². The van der Waals surface area contributed by atoms with Crippen molar-refractivity contribution >= 4 is 5.97 Å². The van der Waals surface area contributed by atoms with E-state index < -0.39 is 11.6 Å². The second kappa shape index (κ2) is 6.73. The lowest BCUT2D eigenvalue weighted by Crippen LogP contribution is -2.26. The van der Waals surface area contributed by atoms with Gasteiger partial charge in [-0.15, -0.1) is 0 Å². The molecule has 0 unspecified atom stereocenters. The van der Waals surface area contributed by atoms with Crippen molar-refractivity contribution in [2.45, 2.75) is 39.4 Å². The third-order valence-corrected chi connectivity index (χ3v) is 3.40. The van der Waals surface area contributed by atoms with Gasteiger partial charge in [0, 0.05) is 0 Å². The summed E-state index contributed by atoms with van der Waals surface area (Å²) in [6.45, 7) is 7.77. The van der Waals surface area contributed by atoms with Gasteiger partial charge in [-0.1, -0.05) is 24.3 Å². The van der Waals surface area contributed by atoms with Crippen molar-refractivity contribution in [2.24, 2.45) is 0 Å². The van der Waals surface area contributed by atoms with Gasteiger partial charge >= 0.3 is 5.97 Å². The molecule has 0 atom stereocenters. The van der Waals surface area contributed by atoms with Crippen LogP contribution in [0.4, 0.5) is 0 Å². The average molecular weight is 314 g/mol. The van der Waals surface area contributed by atoms with Crippen LogP contribution in [0.25, 0.3) is 0 Å². The first-order chi connectivity index (χ1) is 10.8. The summed E-state index contributed by atoms with van der Waals surface area (Å²) >= 11 is 0. The Bertz CT molecular complexity index is 672. The van der Waals surface area contributed by atoms with Gasteiger partial charge in [0.2, 0.25) is 0 Å². The number of aromatic carboxylic acids is 1. The van der Waals surface area contributed by atoms with Crippen molar-refractivity contribution in [3.05, 3.63) is 59.7 Å². The highest BCUT2D eigenvalue weighted by Crippen LogP contribution is 2.31. The fraction of sp³-hybridized carbons (Fsp3) is 0.316. The molecule has 0 fully saturated rings. The van der Waals surface area contributed by atoms with E-state index >= 15 is 0 Å². The Morgan fingerprint density at radius 1 is 1.04 bits per heavy atom. The molecule has 0 radical (unpaired) electrons. The molecule has 0 saturated heterocycles. The summed E-state index contributed by atoms with van der Waals surface area (Å²) < 4.78 is 11.6. The number of rotatable bonds is 6. The fourth-order valence-electron chi connectivity index (χ4n) is 2.27. The number of ether oxygens (including phenoxy) is 2. The Morgan fingerprint density at radius 3 is 2.22 bits per heavy atom. The smallest absolute Gasteiger partial charge is 0.339 e. The van der Waals surface area contributed by atoms with Crippen LogP contribution in [0.15, 0.2) is 48.5 Å². The van der Waals surface area contributed by atoms with E-state index in [9.17, 15) is 9.90 Å². The summed E-state index contributed by atoms with van der Waals surface area (Å²) in [6, 6.07) is 14.3. The maximum Gasteiger partial charge on any atom is 0.339 e. The molecule has 122 valence electrons. The maximum absolute atomic E-state index is 11.3. The minimum Gasteiger partial charge on any atom is -0.491 e. The third-order valence-electron chi connectivity index (χ3n) is 3.40. The Balaban J connectivity index is 2.23. The third kappa shape index (κ3) is 4.25. The molecule has 0 bridgehead atoms. The lowest BCUT2D eigenvalue weighted by molar-refractivity contribution is 0.0672. The van der Waals surface area contributed by atoms with Crippen LogP contribution in [0.3, 0.4) is 0 Å². The lowest BCUT2D eigenvalue weighted by atomic mass is 9.97. The van der Waals surface area contributed by atoms with Gasteiger partial charge in [-0.05, 0) is 57.5 Å². The van der Waals surface area contributed by atoms with Gasteiger partial charge in [-0.25, -0.2) is 4.79 Å². The van der Waals surface area contributed by atoms with Crippen molar-refractivity contribution < 1.29 is 19.4 Å². The van der Waals surface area contributed by atoms with Crippen LogP contribution >= 0.6 is 0 Å². The molecule has 0 aliphatic carbocycles. The van der Waals surface area contributed by atoms with Gasteiger partial charge in [0.25, 0.3) is 0 Å². The second-order valence-corrected chi connectivity index (χ2v) is 6.10. The van der Waals surface area contributed by atoms with E-state index in [1.807, 2.05) is 52.0 Å². The Morgan fingerprint density at radius 2 is 1.65 bits per heavy atom. The highest BCUT2D eigenvalue weighted by molar-refractivity contribution is 5.90. The highest BCUT2D eigenvalue weighted by Gasteiger charge is 2.25. The largest absolute Gasteiger partial charge is 0.491 e. The maximum atomic E-state index is 11.3. The molecule has 0 amide bonds. The van der Waals surface area contributed by atoms with Crippen LogP contribution in [0.1, 0.15) is 43.6 Å². The van der Waals surface area contributed by atoms with Gasteiger partial charge in [0.15, 0.2) is 0 Å². The molecule has 4 nitrogen and oxygen atoms in total. The molecule has 0 aromatic heterocycles. The first-order valence-electron chi connectivity index (χ1n) is 7.58. The van der Waals surface area contributed by atoms with Crippen LogP contribution in [0.5, 0.6) is 11.5 Å². The Labute approximate surface area is 136 Å². The second-order valence-electron chi connectivity index (χ2n) is 6.10. The number of hydrogen-bond donors (Lipinski definition) is 1. The lowest BCUT2D eigenvalue weighted by Gasteiger charge is -2.28. The van der Waals surface area contributed by atoms with Crippen LogP contribution in [0.2, 0.25) is 0 Å². The van der Waals surface area contributed by atoms with Crippen molar-refractivity contribution in [3.8, 4) is 11.5 Å². The monoisotopic (exact) mass is 314 g/mol. The van der Waals surface area contributed by atoms with Crippen molar-refractivity contribution in [3.63, 3.8) is 0 Å². The summed E-state index contributed by atoms with van der Waals surface area (Å²) in [7, 11) is 0. The number of para-hydroxylation sites is 1. The predicted molar refractivity (Wildman–Crippen MR) is 89.3 cm³/mol. The minimum atomic E-state index is -1.00. The van der Waals surface area contributed by atoms with Crippen molar-refractivity contribution in [1.82, 2.24) is 0 Å². The molecular formula is C19H22O4. The summed E-state index contributed by atoms with van der Waals surface area (Å²) in [5.41, 5.74) is 0.427. The van der Waals surface area contributed by atoms with E-state index in [0.29, 0.717) is 5.75 Å². The van der Waals surface area contributed by atoms with E-state index in [1.165, 1.54) is 6.07 Å². The molecule has 2 rings (SSSR count). The van der Waals surface area contributed by atoms with Crippen LogP contribution in [0, 0.1) is 0 Å². The van der Waals surface area contributed by atoms with E-state index in [0.717, 1.165) is 11.3 Å². The summed E-state index contributed by atoms with van der Waals surface area (Å²) in [5.74, 6) is 0.148. The van der Waals surface area contributed by atoms with Crippen LogP contribution in [-0.4, -0.2) is 17.2 Å². The molecule has 0 aliphatic heterocycles. The average Bonchev–Trinajstić information content (AvgIpc) is 2.47. The number of carboxylic acids is 1. The number of carboxylic acid groups (broad SMARTS) is 1. The van der Waals surface area contributed by atoms with Gasteiger partial charge in [0.05, 0.1) is 6.10 Å². The predicted octanol–water partition coefficient (Wildman–Crippen LogP) is 4.49. The van der Waals surface area contributed by atoms with Crippen LogP contribution < -0.4 is 9.47 Å². The Hall–Kier alpha value is -2.49. The van der Waals surface area contributed by atoms with Gasteiger partial charge in [0.1, 0.15) is 22.7 Å². The number of benzene rings is 2. The molecule has 4 heteroatoms. The Kier molecular flexibility index (Phi) is 4.94. The van der Waals surface area contributed by atoms with E-state index in [-0.39, 0.29) is 11.7 Å². The summed E-state index contributed by atoms with van der Waals surface area (Å²) in [5, 5.41) is 9.26. The van der Waals surface area contributed by atoms with Crippen molar-refractivity contribution in [2.75, 3.05) is 0 Å². The topological polar surface area (TPSA) is 55.8 Å². The molecule has 2 aromatic rings. The standard InChI is InChI=1S/C19H22O4/c1-13(2)22-15-11-9-14(10-12-15)19(3,4)23-17-8-6-5-7-16(17)18(20)21/h5-13H,1-4H3,(H,20,21). The van der Waals surface area contributed by atoms with Gasteiger partial charge < -0.3 is 14.6 Å². The molecular weight excluding hydrogens is 292 g/mol. The summed E-state index contributed by atoms with van der Waals surface area (Å²) in [6.07, 6.45) is 0.118. The number of carbonyl (C=O) groups is 1. The first-order valence-corrected chi connectivity index (χ1v) is 7.58. The highest BCUT2D eigenvalue weighted by atomic mass is 16.5. The fourth-order valence-corrected chi connectivity index (χ4v) is 2.27. The normalized spacial score (nSPS) is 11.3. The van der Waals surface area contributed by atoms with Gasteiger partial charge in [-0.3, -0.25) is 0 Å². The van der Waals surface area contributed by atoms with E-state index in [4.69, 9.17) is 9.47 Å². The SMILES string of the molecule is CC(C)Oc1ccc(C(C)(C)Oc2ccccc2C(=O)O)cc1. The molecule has 23 heavy (non-hydrogen) atoms. The molecule has 0 heterocycles. The zero-order chi connectivity index (χ0) is 17.0. The molecule has 0 aliphatic rings.